The number of Topliss-reactive ketones (excluding diaryl/α,β-unsaturated/α-hetero) is 1. The van der Waals surface area contributed by atoms with Crippen LogP contribution in [0.4, 0.5) is 5.82 Å². The lowest BCUT2D eigenvalue weighted by atomic mass is 9.98. The molecule has 0 radical (unpaired) electrons. The predicted octanol–water partition coefficient (Wildman–Crippen LogP) is -2.08. The third-order valence-corrected chi connectivity index (χ3v) is 4.69. The summed E-state index contributed by atoms with van der Waals surface area (Å²) in [7, 11) is 1.48. The molecule has 2 heterocycles. The van der Waals surface area contributed by atoms with E-state index in [4.69, 9.17) is 4.74 Å². The van der Waals surface area contributed by atoms with E-state index in [-0.39, 0.29) is 11.4 Å². The molecule has 11 heteroatoms. The Morgan fingerprint density at radius 2 is 1.96 bits per heavy atom. The number of aliphatic hydroxyl groups excluding tert-OH is 4. The first-order valence-electron chi connectivity index (χ1n) is 7.45. The average molecular weight is 375 g/mol. The zero-order valence-electron chi connectivity index (χ0n) is 13.9. The fourth-order valence-corrected chi connectivity index (χ4v) is 3.08. The summed E-state index contributed by atoms with van der Waals surface area (Å²) in [4.78, 5) is 28.4. The Hall–Kier alpha value is -1.50. The highest BCUT2D eigenvalue weighted by molar-refractivity contribution is 7.98. The molecular weight excluding hydrogens is 354 g/mol. The van der Waals surface area contributed by atoms with Crippen molar-refractivity contribution in [3.05, 3.63) is 15.9 Å². The molecule has 0 unspecified atom stereocenters. The smallest absolute Gasteiger partial charge is 0.266 e. The molecule has 0 amide bonds. The monoisotopic (exact) mass is 375 g/mol. The maximum atomic E-state index is 12.4. The van der Waals surface area contributed by atoms with Gasteiger partial charge in [0.05, 0.1) is 6.61 Å². The molecule has 0 saturated carbocycles. The second kappa shape index (κ2) is 7.81. The Morgan fingerprint density at radius 3 is 2.48 bits per heavy atom. The second-order valence-corrected chi connectivity index (χ2v) is 6.41. The van der Waals surface area contributed by atoms with Crippen molar-refractivity contribution in [1.29, 1.82) is 0 Å². The minimum absolute atomic E-state index is 0.107. The van der Waals surface area contributed by atoms with Crippen LogP contribution in [0.2, 0.25) is 0 Å². The molecule has 5 N–H and O–H groups in total. The Labute approximate surface area is 147 Å². The van der Waals surface area contributed by atoms with Crippen LogP contribution < -0.4 is 10.9 Å². The van der Waals surface area contributed by atoms with Crippen molar-refractivity contribution >= 4 is 23.4 Å². The van der Waals surface area contributed by atoms with E-state index in [2.05, 4.69) is 10.3 Å². The Morgan fingerprint density at radius 1 is 1.32 bits per heavy atom. The Kier molecular flexibility index (Phi) is 6.19. The third-order valence-electron chi connectivity index (χ3n) is 3.96. The molecule has 1 fully saturated rings. The summed E-state index contributed by atoms with van der Waals surface area (Å²) in [6.07, 6.45) is -5.38. The van der Waals surface area contributed by atoms with Crippen molar-refractivity contribution in [2.24, 2.45) is 7.05 Å². The summed E-state index contributed by atoms with van der Waals surface area (Å²) >= 11 is 1.18. The van der Waals surface area contributed by atoms with Crippen LogP contribution in [0, 0.1) is 0 Å². The number of carbonyl (C=O) groups is 1. The zero-order chi connectivity index (χ0) is 18.9. The second-order valence-electron chi connectivity index (χ2n) is 5.64. The summed E-state index contributed by atoms with van der Waals surface area (Å²) in [5.74, 6) is -0.642. The topological polar surface area (TPSA) is 154 Å². The molecule has 1 aromatic heterocycles. The Balaban J connectivity index is 2.43. The maximum Gasteiger partial charge on any atom is 0.266 e. The van der Waals surface area contributed by atoms with Gasteiger partial charge in [0.1, 0.15) is 35.8 Å². The van der Waals surface area contributed by atoms with Crippen LogP contribution in [0.3, 0.4) is 0 Å². The van der Waals surface area contributed by atoms with Gasteiger partial charge in [-0.3, -0.25) is 14.2 Å². The summed E-state index contributed by atoms with van der Waals surface area (Å²) in [5, 5.41) is 41.9. The normalized spacial score (nSPS) is 29.5. The molecule has 1 aromatic rings. The summed E-state index contributed by atoms with van der Waals surface area (Å²) in [6, 6.07) is 0. The van der Waals surface area contributed by atoms with E-state index in [9.17, 15) is 30.0 Å². The first-order chi connectivity index (χ1) is 11.7. The summed E-state index contributed by atoms with van der Waals surface area (Å²) < 4.78 is 6.55. The minimum atomic E-state index is -1.59. The molecule has 5 atom stereocenters. The first-order valence-corrected chi connectivity index (χ1v) is 8.68. The number of nitrogens with zero attached hydrogens (tertiary/aromatic N) is 2. The van der Waals surface area contributed by atoms with E-state index in [1.54, 1.807) is 6.26 Å². The fourth-order valence-electron chi connectivity index (χ4n) is 2.54. The standard InChI is InChI=1S/C14H21N3O7S/c1-5(19)7-11(16-14(25-3)17(2)13(7)23)15-12-10(22)9(21)8(20)6(4-18)24-12/h6,8-10,12,15,18,20-22H,4H2,1-3H3/t6-,8+,9+,10+,12-/m0/s1. The number of nitrogens with one attached hydrogen (secondary N) is 1. The number of thioether (sulfide) groups is 1. The zero-order valence-corrected chi connectivity index (χ0v) is 14.7. The summed E-state index contributed by atoms with van der Waals surface area (Å²) in [6.45, 7) is 0.610. The van der Waals surface area contributed by atoms with Crippen molar-refractivity contribution in [3.8, 4) is 0 Å². The number of ether oxygens (including phenoxy) is 1. The van der Waals surface area contributed by atoms with E-state index in [1.165, 1.54) is 30.3 Å². The van der Waals surface area contributed by atoms with Gasteiger partial charge in [-0.1, -0.05) is 11.8 Å². The van der Waals surface area contributed by atoms with E-state index in [0.29, 0.717) is 5.16 Å². The van der Waals surface area contributed by atoms with Gasteiger partial charge in [0.25, 0.3) is 5.56 Å². The molecule has 0 spiro atoms. The SMILES string of the molecule is CSc1nc(N[C@H]2O[C@@H](CO)[C@@H](O)[C@@H](O)[C@H]2O)c(C(C)=O)c(=O)n1C. The molecule has 0 bridgehead atoms. The van der Waals surface area contributed by atoms with E-state index in [1.807, 2.05) is 0 Å². The number of aliphatic hydroxyl groups is 4. The molecule has 0 aliphatic carbocycles. The molecule has 25 heavy (non-hydrogen) atoms. The maximum absolute atomic E-state index is 12.4. The number of hydrogen-bond donors (Lipinski definition) is 5. The molecule has 10 nitrogen and oxygen atoms in total. The van der Waals surface area contributed by atoms with E-state index >= 15 is 0 Å². The van der Waals surface area contributed by atoms with Crippen molar-refractivity contribution < 1.29 is 30.0 Å². The minimum Gasteiger partial charge on any atom is -0.394 e. The largest absolute Gasteiger partial charge is 0.394 e. The lowest BCUT2D eigenvalue weighted by Gasteiger charge is -2.40. The lowest BCUT2D eigenvalue weighted by molar-refractivity contribution is -0.221. The number of anilines is 1. The summed E-state index contributed by atoms with van der Waals surface area (Å²) in [5.41, 5.74) is -0.795. The van der Waals surface area contributed by atoms with Gasteiger partial charge in [-0.25, -0.2) is 4.98 Å². The van der Waals surface area contributed by atoms with Crippen LogP contribution >= 0.6 is 11.8 Å². The van der Waals surface area contributed by atoms with Gasteiger partial charge in [-0.15, -0.1) is 0 Å². The van der Waals surface area contributed by atoms with Gasteiger partial charge in [0, 0.05) is 7.05 Å². The van der Waals surface area contributed by atoms with Gasteiger partial charge in [-0.05, 0) is 13.2 Å². The average Bonchev–Trinajstić information content (AvgIpc) is 2.57. The lowest BCUT2D eigenvalue weighted by Crippen LogP contribution is -2.60. The van der Waals surface area contributed by atoms with Crippen LogP contribution in [-0.4, -0.2) is 79.3 Å². The highest BCUT2D eigenvalue weighted by atomic mass is 32.2. The number of aromatic nitrogens is 2. The van der Waals surface area contributed by atoms with Gasteiger partial charge < -0.3 is 30.5 Å². The van der Waals surface area contributed by atoms with Crippen LogP contribution in [0.5, 0.6) is 0 Å². The number of carbonyl (C=O) groups excluding carboxylic acids is 1. The first kappa shape index (κ1) is 19.8. The highest BCUT2D eigenvalue weighted by Crippen LogP contribution is 2.24. The molecule has 2 rings (SSSR count). The molecular formula is C14H21N3O7S. The highest BCUT2D eigenvalue weighted by Gasteiger charge is 2.44. The molecule has 1 aliphatic heterocycles. The van der Waals surface area contributed by atoms with Crippen molar-refractivity contribution in [2.75, 3.05) is 18.2 Å². The van der Waals surface area contributed by atoms with Gasteiger partial charge in [0.15, 0.2) is 17.2 Å². The number of rotatable bonds is 5. The molecule has 1 aliphatic rings. The van der Waals surface area contributed by atoms with Crippen molar-refractivity contribution in [3.63, 3.8) is 0 Å². The van der Waals surface area contributed by atoms with E-state index in [0.717, 1.165) is 0 Å². The molecule has 140 valence electrons. The third kappa shape index (κ3) is 3.71. The van der Waals surface area contributed by atoms with Gasteiger partial charge in [0.2, 0.25) is 0 Å². The van der Waals surface area contributed by atoms with Gasteiger partial charge >= 0.3 is 0 Å². The number of ketones is 1. The van der Waals surface area contributed by atoms with E-state index < -0.39 is 48.6 Å². The molecule has 1 saturated heterocycles. The molecule has 0 aromatic carbocycles. The van der Waals surface area contributed by atoms with Crippen LogP contribution in [0.25, 0.3) is 0 Å². The number of hydrogen-bond acceptors (Lipinski definition) is 10. The quantitative estimate of drug-likeness (QED) is 0.220. The van der Waals surface area contributed by atoms with Crippen LogP contribution in [0.15, 0.2) is 9.95 Å². The van der Waals surface area contributed by atoms with Gasteiger partial charge in [-0.2, -0.15) is 0 Å². The van der Waals surface area contributed by atoms with Crippen molar-refractivity contribution in [2.45, 2.75) is 42.7 Å². The fraction of sp³-hybridized carbons (Fsp3) is 0.643. The van der Waals surface area contributed by atoms with Crippen molar-refractivity contribution in [1.82, 2.24) is 9.55 Å². The van der Waals surface area contributed by atoms with Crippen LogP contribution in [-0.2, 0) is 11.8 Å². The predicted molar refractivity (Wildman–Crippen MR) is 88.7 cm³/mol. The Bertz CT molecular complexity index is 708. The van der Waals surface area contributed by atoms with Crippen LogP contribution in [0.1, 0.15) is 17.3 Å².